The van der Waals surface area contributed by atoms with Crippen LogP contribution in [0.1, 0.15) is 60.6 Å². The number of aromatic nitrogens is 2. The second-order valence-corrected chi connectivity index (χ2v) is 9.83. The van der Waals surface area contributed by atoms with Crippen molar-refractivity contribution in [1.82, 2.24) is 15.0 Å². The molecule has 4 rings (SSSR count). The fraction of sp³-hybridized carbons (Fsp3) is 0.500. The van der Waals surface area contributed by atoms with E-state index in [2.05, 4.69) is 10.1 Å². The summed E-state index contributed by atoms with van der Waals surface area (Å²) in [7, 11) is 0. The number of carbonyl (C=O) groups is 1. The minimum atomic E-state index is -5.04. The van der Waals surface area contributed by atoms with Crippen LogP contribution in [0.4, 0.5) is 37.0 Å². The number of anilines is 1. The molecule has 1 amide bonds. The van der Waals surface area contributed by atoms with E-state index < -0.39 is 41.7 Å². The Labute approximate surface area is 220 Å². The SMILES string of the molecule is CCN(CC1CCCC1)c1nc2onc(C)c2cc1CN(Cc1cc(C(F)(F)F)cc(C(F)(F)F)c1)C(=O)O. The van der Waals surface area contributed by atoms with Gasteiger partial charge in [-0.05, 0) is 62.4 Å². The Balaban J connectivity index is 1.72. The Bertz CT molecular complexity index is 1300. The first kappa shape index (κ1) is 28.5. The fourth-order valence-corrected chi connectivity index (χ4v) is 5.01. The van der Waals surface area contributed by atoms with Crippen LogP contribution in [0.2, 0.25) is 0 Å². The number of benzene rings is 1. The zero-order chi connectivity index (χ0) is 28.5. The molecule has 0 bridgehead atoms. The molecule has 13 heteroatoms. The van der Waals surface area contributed by atoms with Gasteiger partial charge < -0.3 is 14.5 Å². The summed E-state index contributed by atoms with van der Waals surface area (Å²) < 4.78 is 85.5. The highest BCUT2D eigenvalue weighted by molar-refractivity contribution is 5.79. The lowest BCUT2D eigenvalue weighted by Gasteiger charge is -2.29. The third-order valence-corrected chi connectivity index (χ3v) is 6.99. The molecule has 2 aromatic heterocycles. The molecule has 1 aromatic carbocycles. The van der Waals surface area contributed by atoms with Crippen molar-refractivity contribution >= 4 is 23.0 Å². The van der Waals surface area contributed by atoms with Gasteiger partial charge in [0, 0.05) is 25.2 Å². The van der Waals surface area contributed by atoms with Crippen LogP contribution in [0.3, 0.4) is 0 Å². The van der Waals surface area contributed by atoms with Gasteiger partial charge in [0.2, 0.25) is 0 Å². The van der Waals surface area contributed by atoms with Gasteiger partial charge in [0.15, 0.2) is 0 Å². The number of rotatable bonds is 8. The Morgan fingerprint density at radius 1 is 1.03 bits per heavy atom. The Morgan fingerprint density at radius 2 is 1.64 bits per heavy atom. The predicted octanol–water partition coefficient (Wildman–Crippen LogP) is 7.27. The van der Waals surface area contributed by atoms with Crippen LogP contribution in [0.5, 0.6) is 0 Å². The second kappa shape index (κ2) is 10.9. The van der Waals surface area contributed by atoms with Crippen molar-refractivity contribution in [2.24, 2.45) is 5.92 Å². The predicted molar refractivity (Wildman–Crippen MR) is 130 cm³/mol. The Morgan fingerprint density at radius 3 is 2.18 bits per heavy atom. The summed E-state index contributed by atoms with van der Waals surface area (Å²) in [5.41, 5.74) is -2.23. The standard InChI is InChI=1S/C26H28F6N4O3/c1-3-35(12-16-6-4-5-7-16)22-18(10-21-15(2)34-39-23(21)33-22)14-36(24(37)38)13-17-8-19(25(27,28)29)11-20(9-17)26(30,31)32/h8-11,16H,3-7,12-14H2,1-2H3,(H,37,38). The first-order chi connectivity index (χ1) is 18.3. The van der Waals surface area contributed by atoms with Gasteiger partial charge in [0.1, 0.15) is 5.82 Å². The zero-order valence-corrected chi connectivity index (χ0v) is 21.4. The van der Waals surface area contributed by atoms with Crippen molar-refractivity contribution in [3.63, 3.8) is 0 Å². The third kappa shape index (κ3) is 6.56. The van der Waals surface area contributed by atoms with Crippen LogP contribution in [-0.2, 0) is 25.4 Å². The van der Waals surface area contributed by atoms with Gasteiger partial charge in [0.25, 0.3) is 5.71 Å². The largest absolute Gasteiger partial charge is 0.465 e. The summed E-state index contributed by atoms with van der Waals surface area (Å²) >= 11 is 0. The minimum Gasteiger partial charge on any atom is -0.465 e. The van der Waals surface area contributed by atoms with Crippen molar-refractivity contribution in [3.05, 3.63) is 52.2 Å². The summed E-state index contributed by atoms with van der Waals surface area (Å²) in [5.74, 6) is 0.868. The summed E-state index contributed by atoms with van der Waals surface area (Å²) in [5, 5.41) is 14.4. The normalized spacial score (nSPS) is 14.8. The molecule has 0 saturated heterocycles. The van der Waals surface area contributed by atoms with Crippen molar-refractivity contribution in [2.75, 3.05) is 18.0 Å². The highest BCUT2D eigenvalue weighted by Gasteiger charge is 2.37. The molecule has 1 aliphatic carbocycles. The molecule has 1 fully saturated rings. The van der Waals surface area contributed by atoms with E-state index in [1.807, 2.05) is 11.8 Å². The lowest BCUT2D eigenvalue weighted by atomic mass is 10.0. The monoisotopic (exact) mass is 558 g/mol. The molecular formula is C26H28F6N4O3. The molecule has 1 saturated carbocycles. The number of pyridine rings is 1. The molecular weight excluding hydrogens is 530 g/mol. The van der Waals surface area contributed by atoms with Crippen molar-refractivity contribution in [3.8, 4) is 0 Å². The summed E-state index contributed by atoms with van der Waals surface area (Å²) in [6.07, 6.45) is -7.26. The van der Waals surface area contributed by atoms with E-state index in [0.29, 0.717) is 53.6 Å². The molecule has 39 heavy (non-hydrogen) atoms. The molecule has 0 aliphatic heterocycles. The summed E-state index contributed by atoms with van der Waals surface area (Å²) in [6.45, 7) is 3.81. The minimum absolute atomic E-state index is 0.0153. The van der Waals surface area contributed by atoms with E-state index in [1.54, 1.807) is 13.0 Å². The molecule has 7 nitrogen and oxygen atoms in total. The highest BCUT2D eigenvalue weighted by Crippen LogP contribution is 2.37. The zero-order valence-electron chi connectivity index (χ0n) is 21.4. The molecule has 0 atom stereocenters. The van der Waals surface area contributed by atoms with Gasteiger partial charge >= 0.3 is 18.4 Å². The van der Waals surface area contributed by atoms with Crippen molar-refractivity contribution in [2.45, 2.75) is 65.0 Å². The average molecular weight is 559 g/mol. The molecule has 212 valence electrons. The first-order valence-electron chi connectivity index (χ1n) is 12.5. The van der Waals surface area contributed by atoms with Crippen LogP contribution in [0.25, 0.3) is 11.1 Å². The number of hydrogen-bond donors (Lipinski definition) is 1. The summed E-state index contributed by atoms with van der Waals surface area (Å²) in [4.78, 5) is 19.6. The lowest BCUT2D eigenvalue weighted by Crippen LogP contribution is -2.33. The Kier molecular flexibility index (Phi) is 7.99. The van der Waals surface area contributed by atoms with E-state index in [9.17, 15) is 36.2 Å². The number of alkyl halides is 6. The number of hydrogen-bond acceptors (Lipinski definition) is 5. The number of amides is 1. The molecule has 1 N–H and O–H groups in total. The quantitative estimate of drug-likeness (QED) is 0.293. The Hall–Kier alpha value is -3.51. The maximum atomic E-state index is 13.4. The molecule has 0 spiro atoms. The van der Waals surface area contributed by atoms with Gasteiger partial charge in [-0.3, -0.25) is 4.90 Å². The van der Waals surface area contributed by atoms with E-state index in [1.165, 1.54) is 0 Å². The molecule has 0 unspecified atom stereocenters. The van der Waals surface area contributed by atoms with Crippen LogP contribution in [0, 0.1) is 12.8 Å². The maximum absolute atomic E-state index is 13.4. The van der Waals surface area contributed by atoms with Crippen LogP contribution < -0.4 is 4.90 Å². The van der Waals surface area contributed by atoms with Crippen LogP contribution >= 0.6 is 0 Å². The van der Waals surface area contributed by atoms with E-state index in [0.717, 1.165) is 30.6 Å². The molecule has 1 aliphatic rings. The molecule has 3 aromatic rings. The average Bonchev–Trinajstić information content (AvgIpc) is 3.50. The lowest BCUT2D eigenvalue weighted by molar-refractivity contribution is -0.143. The third-order valence-electron chi connectivity index (χ3n) is 6.99. The van der Waals surface area contributed by atoms with Crippen LogP contribution in [0.15, 0.2) is 28.8 Å². The fourth-order valence-electron chi connectivity index (χ4n) is 5.01. The second-order valence-electron chi connectivity index (χ2n) is 9.83. The first-order valence-corrected chi connectivity index (χ1v) is 12.5. The number of carboxylic acid groups (broad SMARTS) is 1. The highest BCUT2D eigenvalue weighted by atomic mass is 19.4. The maximum Gasteiger partial charge on any atom is 0.416 e. The van der Waals surface area contributed by atoms with Crippen molar-refractivity contribution < 1.29 is 40.8 Å². The molecule has 2 heterocycles. The molecule has 0 radical (unpaired) electrons. The van der Waals surface area contributed by atoms with E-state index in [-0.39, 0.29) is 18.3 Å². The number of fused-ring (bicyclic) bond motifs is 1. The number of halogens is 6. The number of nitrogens with zero attached hydrogens (tertiary/aromatic N) is 4. The smallest absolute Gasteiger partial charge is 0.416 e. The van der Waals surface area contributed by atoms with Gasteiger partial charge in [0.05, 0.1) is 28.8 Å². The topological polar surface area (TPSA) is 82.7 Å². The van der Waals surface area contributed by atoms with Gasteiger partial charge in [-0.1, -0.05) is 18.0 Å². The van der Waals surface area contributed by atoms with Crippen LogP contribution in [-0.4, -0.2) is 39.3 Å². The van der Waals surface area contributed by atoms with Gasteiger partial charge in [-0.15, -0.1) is 0 Å². The van der Waals surface area contributed by atoms with Gasteiger partial charge in [-0.25, -0.2) is 4.79 Å². The van der Waals surface area contributed by atoms with E-state index in [4.69, 9.17) is 4.52 Å². The van der Waals surface area contributed by atoms with Crippen molar-refractivity contribution in [1.29, 1.82) is 0 Å². The summed E-state index contributed by atoms with van der Waals surface area (Å²) in [6, 6.07) is 2.76. The van der Waals surface area contributed by atoms with E-state index >= 15 is 0 Å². The van der Waals surface area contributed by atoms with Gasteiger partial charge in [-0.2, -0.15) is 31.3 Å². The number of aryl methyl sites for hydroxylation is 1.